The van der Waals surface area contributed by atoms with E-state index in [9.17, 15) is 53.4 Å². The molecule has 0 saturated heterocycles. The maximum atomic E-state index is 13.8. The number of phosphoric ester groups is 2. The lowest BCUT2D eigenvalue weighted by Gasteiger charge is -2.36. The number of aliphatic hydroxyl groups is 3. The molecular formula is C52H81N3O17P2. The molecule has 2 unspecified atom stereocenters. The molecule has 0 radical (unpaired) electrons. The summed E-state index contributed by atoms with van der Waals surface area (Å²) in [6, 6.07) is 1.28. The van der Waals surface area contributed by atoms with E-state index in [4.69, 9.17) is 29.0 Å². The van der Waals surface area contributed by atoms with Crippen LogP contribution in [0.1, 0.15) is 148 Å². The number of anilines is 1. The van der Waals surface area contributed by atoms with Crippen molar-refractivity contribution in [3.05, 3.63) is 95.7 Å². The number of unbranched alkanes of at least 4 members (excludes halogenated alkanes) is 9. The van der Waals surface area contributed by atoms with Crippen molar-refractivity contribution in [3.8, 4) is 0 Å². The zero-order valence-electron chi connectivity index (χ0n) is 43.0. The lowest BCUT2D eigenvalue weighted by atomic mass is 9.88. The monoisotopic (exact) mass is 1080 g/mol. The number of aliphatic hydroxyl groups excluding tert-OH is 3. The molecule has 1 aromatic rings. The molecule has 0 fully saturated rings. The molecule has 0 amide bonds. The number of nitrogens with two attached hydrogens (primary N) is 1. The zero-order chi connectivity index (χ0) is 54.2. The highest BCUT2D eigenvalue weighted by molar-refractivity contribution is 7.61. The van der Waals surface area contributed by atoms with Gasteiger partial charge in [0.15, 0.2) is 11.9 Å². The number of hydrogen-bond donors (Lipinski definition) is 6. The van der Waals surface area contributed by atoms with Gasteiger partial charge >= 0.3 is 33.3 Å². The van der Waals surface area contributed by atoms with E-state index in [-0.39, 0.29) is 31.5 Å². The lowest BCUT2D eigenvalue weighted by Crippen LogP contribution is -2.49. The first-order valence-electron chi connectivity index (χ1n) is 26.0. The maximum Gasteiger partial charge on any atom is 0.481 e. The highest BCUT2D eigenvalue weighted by Crippen LogP contribution is 2.60. The van der Waals surface area contributed by atoms with Gasteiger partial charge in [0.1, 0.15) is 30.9 Å². The van der Waals surface area contributed by atoms with Crippen LogP contribution in [-0.2, 0) is 51.1 Å². The third kappa shape index (κ3) is 26.5. The van der Waals surface area contributed by atoms with Crippen molar-refractivity contribution < 1.29 is 76.2 Å². The molecule has 3 rings (SSSR count). The van der Waals surface area contributed by atoms with Gasteiger partial charge in [-0.1, -0.05) is 126 Å². The number of phosphoric acid groups is 2. The predicted molar refractivity (Wildman–Crippen MR) is 279 cm³/mol. The lowest BCUT2D eigenvalue weighted by molar-refractivity contribution is -0.167. The van der Waals surface area contributed by atoms with E-state index in [1.807, 2.05) is 6.92 Å². The number of cyclic esters (lactones) is 1. The van der Waals surface area contributed by atoms with Crippen LogP contribution in [0, 0.1) is 11.8 Å². The van der Waals surface area contributed by atoms with E-state index in [0.29, 0.717) is 25.7 Å². The van der Waals surface area contributed by atoms with Gasteiger partial charge in [-0.25, -0.2) is 13.9 Å². The van der Waals surface area contributed by atoms with Crippen LogP contribution in [0.15, 0.2) is 90.0 Å². The molecule has 10 atom stereocenters. The predicted octanol–water partition coefficient (Wildman–Crippen LogP) is 8.51. The average Bonchev–Trinajstić information content (AvgIpc) is 3.34. The molecule has 22 heteroatoms. The molecule has 0 spiro atoms. The van der Waals surface area contributed by atoms with E-state index in [1.54, 1.807) is 12.2 Å². The molecule has 20 nitrogen and oxygen atoms in total. The molecular weight excluding hydrogens is 1000 g/mol. The average molecular weight is 1080 g/mol. The Labute approximate surface area is 435 Å². The van der Waals surface area contributed by atoms with E-state index in [2.05, 4.69) is 52.7 Å². The van der Waals surface area contributed by atoms with Crippen molar-refractivity contribution in [1.82, 2.24) is 9.55 Å². The summed E-state index contributed by atoms with van der Waals surface area (Å²) in [5.74, 6) is -4.70. The molecule has 2 aliphatic heterocycles. The van der Waals surface area contributed by atoms with Gasteiger partial charge in [-0.05, 0) is 82.8 Å². The molecule has 2 aliphatic rings. The first kappa shape index (κ1) is 64.1. The molecule has 416 valence electrons. The Morgan fingerprint density at radius 1 is 0.878 bits per heavy atom. The van der Waals surface area contributed by atoms with Crippen LogP contribution in [0.2, 0.25) is 0 Å². The van der Waals surface area contributed by atoms with E-state index in [0.717, 1.165) is 68.4 Å². The SMILES string of the molecule is CCCCC/C=C\C/C=C\C/C=C\CCCCCCC(=O)OC[C@@H]1COP(=O)(O)OP(=O)(O)OC[C@H]2O[C@@H](n3ccc(N)nc3=O)[C@H](C=CC(=O)[C@H](C=C[C@@H](O)CCCCC)[C@H](O)[C@@H]2O)CC=CCCCC(=O)O1. The number of rotatable bonds is 24. The summed E-state index contributed by atoms with van der Waals surface area (Å²) in [5, 5.41) is 33.8. The van der Waals surface area contributed by atoms with Crippen LogP contribution >= 0.6 is 15.6 Å². The van der Waals surface area contributed by atoms with Crippen LogP contribution in [-0.4, -0.2) is 103 Å². The molecule has 74 heavy (non-hydrogen) atoms. The number of nitrogen functional groups attached to an aromatic ring is 1. The van der Waals surface area contributed by atoms with Crippen molar-refractivity contribution in [3.63, 3.8) is 0 Å². The first-order valence-corrected chi connectivity index (χ1v) is 29.0. The van der Waals surface area contributed by atoms with Gasteiger partial charge in [0.05, 0.1) is 31.3 Å². The van der Waals surface area contributed by atoms with Crippen LogP contribution in [0.5, 0.6) is 0 Å². The summed E-state index contributed by atoms with van der Waals surface area (Å²) < 4.78 is 59.0. The first-order chi connectivity index (χ1) is 35.4. The molecule has 0 saturated carbocycles. The molecule has 1 aromatic heterocycles. The number of fused-ring (bicyclic) bond motifs is 3. The quantitative estimate of drug-likeness (QED) is 0.0245. The fraction of sp³-hybridized carbons (Fsp3) is 0.635. The number of ether oxygens (including phenoxy) is 3. The fourth-order valence-electron chi connectivity index (χ4n) is 7.82. The van der Waals surface area contributed by atoms with E-state index in [1.165, 1.54) is 49.8 Å². The second-order valence-corrected chi connectivity index (χ2v) is 21.4. The standard InChI is InChI=1S/C52H81N3O17P2/c1-3-5-7-8-9-10-11-12-13-14-15-16-17-18-19-20-25-29-47(58)67-37-42-38-68-73(63,64)72-74(65,66)69-39-45-50(61)49(60)43(33-32-41(56)28-23-6-4-2)44(57)34-31-40(27-24-21-22-26-30-48(59)70-42)51(71-45)55-36-35-46(53)54-52(55)62/h9-10,12-13,15-16,21,24,31-36,40-43,45,49-51,56,60-61H,3-8,11,14,17-20,22-23,25-30,37-39H2,1-2H3,(H,63,64)(H,65,66)(H2,53,54,62)/b10-9-,13-12-,16-15-,24-21?,33-32?,34-31?/t40-,41-,42+,43-,45+,49-,50+,51+/m0/s1. The number of ketones is 1. The topological polar surface area (TPSA) is 303 Å². The molecule has 0 aromatic carbocycles. The summed E-state index contributed by atoms with van der Waals surface area (Å²) >= 11 is 0. The molecule has 7 N–H and O–H groups in total. The highest BCUT2D eigenvalue weighted by atomic mass is 31.3. The minimum atomic E-state index is -5.68. The summed E-state index contributed by atoms with van der Waals surface area (Å²) in [4.78, 5) is 77.8. The van der Waals surface area contributed by atoms with Crippen molar-refractivity contribution >= 4 is 39.2 Å². The van der Waals surface area contributed by atoms with Crippen LogP contribution in [0.25, 0.3) is 0 Å². The van der Waals surface area contributed by atoms with Gasteiger partial charge < -0.3 is 45.1 Å². The normalized spacial score (nSPS) is 27.8. The van der Waals surface area contributed by atoms with Gasteiger partial charge in [-0.15, -0.1) is 0 Å². The smallest absolute Gasteiger partial charge is 0.462 e. The summed E-state index contributed by atoms with van der Waals surface area (Å²) in [7, 11) is -11.3. The largest absolute Gasteiger partial charge is 0.481 e. The highest BCUT2D eigenvalue weighted by Gasteiger charge is 2.42. The number of carbonyl (C=O) groups excluding carboxylic acids is 3. The van der Waals surface area contributed by atoms with E-state index >= 15 is 0 Å². The Morgan fingerprint density at radius 3 is 2.22 bits per heavy atom. The Hall–Kier alpha value is -4.17. The number of nitrogens with zero attached hydrogens (tertiary/aromatic N) is 2. The zero-order valence-corrected chi connectivity index (χ0v) is 44.8. The minimum absolute atomic E-state index is 0.0476. The van der Waals surface area contributed by atoms with Gasteiger partial charge in [-0.2, -0.15) is 9.29 Å². The Kier molecular flexibility index (Phi) is 31.2. The number of esters is 2. The van der Waals surface area contributed by atoms with Crippen molar-refractivity contribution in [1.29, 1.82) is 0 Å². The van der Waals surface area contributed by atoms with Crippen molar-refractivity contribution in [2.24, 2.45) is 11.8 Å². The second-order valence-electron chi connectivity index (χ2n) is 18.3. The molecule has 2 bridgehead atoms. The van der Waals surface area contributed by atoms with E-state index < -0.39 is 107 Å². The van der Waals surface area contributed by atoms with Gasteiger partial charge in [0, 0.05) is 25.0 Å². The Balaban J connectivity index is 1.73. The van der Waals surface area contributed by atoms with Crippen molar-refractivity contribution in [2.75, 3.05) is 25.6 Å². The van der Waals surface area contributed by atoms with Gasteiger partial charge in [0.25, 0.3) is 0 Å². The van der Waals surface area contributed by atoms with Crippen molar-refractivity contribution in [2.45, 2.75) is 179 Å². The number of allylic oxidation sites excluding steroid dienone is 9. The summed E-state index contributed by atoms with van der Waals surface area (Å²) in [6.45, 7) is 1.51. The van der Waals surface area contributed by atoms with Gasteiger partial charge in [-0.3, -0.25) is 28.0 Å². The third-order valence-electron chi connectivity index (χ3n) is 12.0. The van der Waals surface area contributed by atoms with Gasteiger partial charge in [0.2, 0.25) is 0 Å². The summed E-state index contributed by atoms with van der Waals surface area (Å²) in [5.41, 5.74) is 4.83. The number of carbonyl (C=O) groups is 3. The summed E-state index contributed by atoms with van der Waals surface area (Å²) in [6.07, 6.45) is 26.8. The number of hydrogen-bond acceptors (Lipinski definition) is 17. The van der Waals surface area contributed by atoms with Crippen LogP contribution < -0.4 is 11.4 Å². The second kappa shape index (κ2) is 36.0. The Bertz CT molecular complexity index is 2180. The van der Waals surface area contributed by atoms with Crippen LogP contribution in [0.3, 0.4) is 0 Å². The molecule has 0 aliphatic carbocycles. The maximum absolute atomic E-state index is 13.8. The molecule has 3 heterocycles. The number of aromatic nitrogens is 2. The minimum Gasteiger partial charge on any atom is -0.462 e. The third-order valence-corrected chi connectivity index (χ3v) is 14.6. The Morgan fingerprint density at radius 2 is 1.53 bits per heavy atom. The van der Waals surface area contributed by atoms with Crippen LogP contribution in [0.4, 0.5) is 5.82 Å². The fourth-order valence-corrected chi connectivity index (χ4v) is 9.93.